The number of carbonyl (C=O) groups is 2. The van der Waals surface area contributed by atoms with Crippen LogP contribution >= 0.6 is 0 Å². The standard InChI is InChI=1S/C31H61N3O2/c1-4-7-9-10-11-12-13-14-15-16-17-18-19-20-22-25-29-32-31(36)34(29)28-24-21-23-26-30(35)33(6-3)27-8-5-2/h29H,4-28H2,1-3H3,(H,32,36). The lowest BCUT2D eigenvalue weighted by atomic mass is 10.0. The molecule has 0 radical (unpaired) electrons. The van der Waals surface area contributed by atoms with E-state index in [2.05, 4.69) is 26.1 Å². The fraction of sp³-hybridized carbons (Fsp3) is 0.935. The summed E-state index contributed by atoms with van der Waals surface area (Å²) in [4.78, 5) is 28.3. The highest BCUT2D eigenvalue weighted by atomic mass is 16.2. The predicted octanol–water partition coefficient (Wildman–Crippen LogP) is 8.81. The SMILES string of the molecule is CCCCCCCCCCCCCCCCCC1NC(=O)N1CCCCCC(=O)N(CC)CCCC. The van der Waals surface area contributed by atoms with Crippen molar-refractivity contribution >= 4 is 11.9 Å². The van der Waals surface area contributed by atoms with E-state index < -0.39 is 0 Å². The van der Waals surface area contributed by atoms with Crippen LogP contribution in [0.25, 0.3) is 0 Å². The quantitative estimate of drug-likeness (QED) is 0.119. The number of nitrogens with one attached hydrogen (secondary N) is 1. The van der Waals surface area contributed by atoms with Crippen molar-refractivity contribution in [1.29, 1.82) is 0 Å². The highest BCUT2D eigenvalue weighted by molar-refractivity contribution is 5.80. The number of hydrogen-bond acceptors (Lipinski definition) is 2. The molecule has 5 nitrogen and oxygen atoms in total. The molecule has 1 saturated heterocycles. The second kappa shape index (κ2) is 22.9. The summed E-state index contributed by atoms with van der Waals surface area (Å²) in [6, 6.07) is 0.0914. The topological polar surface area (TPSA) is 52.7 Å². The Kier molecular flexibility index (Phi) is 20.8. The summed E-state index contributed by atoms with van der Waals surface area (Å²) in [7, 11) is 0. The van der Waals surface area contributed by atoms with Crippen LogP contribution in [0.15, 0.2) is 0 Å². The minimum atomic E-state index is 0.0914. The van der Waals surface area contributed by atoms with Crippen LogP contribution < -0.4 is 5.32 Å². The Morgan fingerprint density at radius 2 is 1.19 bits per heavy atom. The fourth-order valence-electron chi connectivity index (χ4n) is 5.27. The first-order chi connectivity index (χ1) is 17.6. The molecular weight excluding hydrogens is 446 g/mol. The van der Waals surface area contributed by atoms with Gasteiger partial charge >= 0.3 is 6.03 Å². The van der Waals surface area contributed by atoms with Crippen molar-refractivity contribution in [2.45, 2.75) is 168 Å². The molecule has 1 N–H and O–H groups in total. The third-order valence-corrected chi connectivity index (χ3v) is 7.81. The van der Waals surface area contributed by atoms with Gasteiger partial charge in [0.1, 0.15) is 6.17 Å². The van der Waals surface area contributed by atoms with Crippen LogP contribution in [0.4, 0.5) is 4.79 Å². The Hall–Kier alpha value is -1.26. The first-order valence-corrected chi connectivity index (χ1v) is 16.0. The summed E-state index contributed by atoms with van der Waals surface area (Å²) < 4.78 is 0. The van der Waals surface area contributed by atoms with E-state index in [0.717, 1.165) is 58.2 Å². The summed E-state index contributed by atoms with van der Waals surface area (Å²) in [5.41, 5.74) is 0. The van der Waals surface area contributed by atoms with Crippen LogP contribution in [0.1, 0.15) is 162 Å². The lowest BCUT2D eigenvalue weighted by Crippen LogP contribution is -2.65. The number of unbranched alkanes of at least 4 members (excludes halogenated alkanes) is 17. The van der Waals surface area contributed by atoms with E-state index >= 15 is 0 Å². The zero-order valence-corrected chi connectivity index (χ0v) is 24.5. The third-order valence-electron chi connectivity index (χ3n) is 7.81. The maximum Gasteiger partial charge on any atom is 0.320 e. The second-order valence-corrected chi connectivity index (χ2v) is 11.0. The second-order valence-electron chi connectivity index (χ2n) is 11.0. The van der Waals surface area contributed by atoms with Crippen molar-refractivity contribution in [2.24, 2.45) is 0 Å². The zero-order chi connectivity index (χ0) is 26.3. The molecule has 0 saturated carbocycles. The van der Waals surface area contributed by atoms with Gasteiger partial charge in [-0.1, -0.05) is 117 Å². The van der Waals surface area contributed by atoms with Crippen molar-refractivity contribution in [3.05, 3.63) is 0 Å². The molecule has 3 amide bonds. The van der Waals surface area contributed by atoms with E-state index in [-0.39, 0.29) is 12.2 Å². The van der Waals surface area contributed by atoms with Gasteiger partial charge in [0, 0.05) is 26.1 Å². The van der Waals surface area contributed by atoms with Gasteiger partial charge in [0.2, 0.25) is 5.91 Å². The van der Waals surface area contributed by atoms with Crippen molar-refractivity contribution in [2.75, 3.05) is 19.6 Å². The van der Waals surface area contributed by atoms with Gasteiger partial charge in [0.25, 0.3) is 0 Å². The minimum absolute atomic E-state index is 0.0914. The van der Waals surface area contributed by atoms with E-state index in [1.54, 1.807) is 0 Å². The number of amides is 3. The Morgan fingerprint density at radius 1 is 0.694 bits per heavy atom. The van der Waals surface area contributed by atoms with Crippen LogP contribution in [-0.2, 0) is 4.79 Å². The van der Waals surface area contributed by atoms with Crippen LogP contribution in [0.2, 0.25) is 0 Å². The fourth-order valence-corrected chi connectivity index (χ4v) is 5.27. The van der Waals surface area contributed by atoms with Gasteiger partial charge in [-0.25, -0.2) is 4.79 Å². The molecule has 1 atom stereocenters. The van der Waals surface area contributed by atoms with E-state index in [1.807, 2.05) is 9.80 Å². The Labute approximate surface area is 224 Å². The Bertz CT molecular complexity index is 540. The summed E-state index contributed by atoms with van der Waals surface area (Å²) in [6.07, 6.45) is 27.9. The highest BCUT2D eigenvalue weighted by Crippen LogP contribution is 2.19. The van der Waals surface area contributed by atoms with Gasteiger partial charge in [-0.2, -0.15) is 0 Å². The summed E-state index contributed by atoms with van der Waals surface area (Å²) in [5, 5.41) is 3.07. The number of hydrogen-bond donors (Lipinski definition) is 1. The molecule has 0 aromatic heterocycles. The summed E-state index contributed by atoms with van der Waals surface area (Å²) >= 11 is 0. The first kappa shape index (κ1) is 32.8. The Balaban J connectivity index is 1.93. The minimum Gasteiger partial charge on any atom is -0.343 e. The molecule has 0 bridgehead atoms. The molecule has 36 heavy (non-hydrogen) atoms. The van der Waals surface area contributed by atoms with Crippen LogP contribution in [0.5, 0.6) is 0 Å². The van der Waals surface area contributed by atoms with Gasteiger partial charge in [0.15, 0.2) is 0 Å². The third kappa shape index (κ3) is 15.8. The molecular formula is C31H61N3O2. The molecule has 212 valence electrons. The molecule has 0 spiro atoms. The average Bonchev–Trinajstić information content (AvgIpc) is 2.88. The summed E-state index contributed by atoms with van der Waals surface area (Å²) in [5.74, 6) is 0.290. The molecule has 5 heteroatoms. The van der Waals surface area contributed by atoms with Crippen LogP contribution in [0.3, 0.4) is 0 Å². The zero-order valence-electron chi connectivity index (χ0n) is 24.5. The molecule has 1 aliphatic rings. The Morgan fingerprint density at radius 3 is 1.69 bits per heavy atom. The number of rotatable bonds is 26. The maximum absolute atomic E-state index is 12.3. The molecule has 0 aliphatic carbocycles. The maximum atomic E-state index is 12.3. The molecule has 1 aliphatic heterocycles. The monoisotopic (exact) mass is 507 g/mol. The van der Waals surface area contributed by atoms with Gasteiger partial charge < -0.3 is 15.1 Å². The highest BCUT2D eigenvalue weighted by Gasteiger charge is 2.33. The van der Waals surface area contributed by atoms with E-state index in [4.69, 9.17) is 0 Å². The van der Waals surface area contributed by atoms with Gasteiger partial charge in [0.05, 0.1) is 0 Å². The molecule has 1 rings (SSSR count). The van der Waals surface area contributed by atoms with Crippen molar-refractivity contribution in [3.8, 4) is 0 Å². The number of nitrogens with zero attached hydrogens (tertiary/aromatic N) is 2. The van der Waals surface area contributed by atoms with Crippen LogP contribution in [-0.4, -0.2) is 47.5 Å². The van der Waals surface area contributed by atoms with Gasteiger partial charge in [-0.3, -0.25) is 4.79 Å². The molecule has 0 aromatic rings. The number of carbonyl (C=O) groups excluding carboxylic acids is 2. The van der Waals surface area contributed by atoms with Crippen molar-refractivity contribution in [1.82, 2.24) is 15.1 Å². The van der Waals surface area contributed by atoms with E-state index in [0.29, 0.717) is 12.3 Å². The normalized spacial score (nSPS) is 15.1. The predicted molar refractivity (Wildman–Crippen MR) is 154 cm³/mol. The van der Waals surface area contributed by atoms with Crippen molar-refractivity contribution < 1.29 is 9.59 Å². The average molecular weight is 508 g/mol. The lowest BCUT2D eigenvalue weighted by molar-refractivity contribution is -0.131. The van der Waals surface area contributed by atoms with Crippen LogP contribution in [0, 0.1) is 0 Å². The summed E-state index contributed by atoms with van der Waals surface area (Å²) in [6.45, 7) is 9.05. The van der Waals surface area contributed by atoms with Gasteiger partial charge in [-0.05, 0) is 39.0 Å². The van der Waals surface area contributed by atoms with Gasteiger partial charge in [-0.15, -0.1) is 0 Å². The van der Waals surface area contributed by atoms with Crippen molar-refractivity contribution in [3.63, 3.8) is 0 Å². The molecule has 0 aromatic carbocycles. The van der Waals surface area contributed by atoms with E-state index in [9.17, 15) is 9.59 Å². The largest absolute Gasteiger partial charge is 0.343 e. The molecule has 1 fully saturated rings. The van der Waals surface area contributed by atoms with E-state index in [1.165, 1.54) is 96.3 Å². The number of urea groups is 1. The smallest absolute Gasteiger partial charge is 0.320 e. The molecule has 1 heterocycles. The first-order valence-electron chi connectivity index (χ1n) is 16.0. The molecule has 1 unspecified atom stereocenters. The lowest BCUT2D eigenvalue weighted by Gasteiger charge is -2.42.